The number of anilines is 3. The zero-order valence-corrected chi connectivity index (χ0v) is 30.0. The molecule has 5 rings (SSSR count). The highest BCUT2D eigenvalue weighted by Gasteiger charge is 2.39. The smallest absolute Gasteiger partial charge is 0.475 e. The molecule has 0 spiro atoms. The van der Waals surface area contributed by atoms with Crippen LogP contribution in [0.3, 0.4) is 0 Å². The first-order chi connectivity index (χ1) is 24.9. The van der Waals surface area contributed by atoms with Crippen LogP contribution in [-0.4, -0.2) is 66.5 Å². The number of nitrogen functional groups attached to an aromatic ring is 1. The van der Waals surface area contributed by atoms with Crippen LogP contribution in [-0.2, 0) is 30.6 Å². The van der Waals surface area contributed by atoms with Crippen molar-refractivity contribution >= 4 is 55.8 Å². The number of aliphatic carboxylic acids is 1. The van der Waals surface area contributed by atoms with Gasteiger partial charge in [-0.2, -0.15) is 13.2 Å². The summed E-state index contributed by atoms with van der Waals surface area (Å²) in [6, 6.07) is 14.7. The number of methoxy groups -OCH3 is 1. The average molecular weight is 762 g/mol. The van der Waals surface area contributed by atoms with Gasteiger partial charge >= 0.3 is 18.2 Å². The van der Waals surface area contributed by atoms with E-state index in [4.69, 9.17) is 20.4 Å². The molecule has 0 unspecified atom stereocenters. The molecule has 1 fully saturated rings. The van der Waals surface area contributed by atoms with E-state index in [-0.39, 0.29) is 10.5 Å². The lowest BCUT2D eigenvalue weighted by atomic mass is 9.98. The van der Waals surface area contributed by atoms with Gasteiger partial charge in [0.1, 0.15) is 17.7 Å². The number of hydrogen-bond acceptors (Lipinski definition) is 9. The van der Waals surface area contributed by atoms with Gasteiger partial charge in [-0.25, -0.2) is 27.4 Å². The second kappa shape index (κ2) is 16.5. The number of nitrogens with one attached hydrogen (secondary N) is 2. The molecule has 53 heavy (non-hydrogen) atoms. The van der Waals surface area contributed by atoms with E-state index in [1.165, 1.54) is 25.3 Å². The topological polar surface area (TPSA) is 181 Å². The van der Waals surface area contributed by atoms with Crippen LogP contribution in [0.4, 0.5) is 39.5 Å². The number of nitrogens with zero attached hydrogens (tertiary/aromatic N) is 2. The maximum absolute atomic E-state index is 15.6. The lowest BCUT2D eigenvalue weighted by molar-refractivity contribution is -0.192. The molecule has 2 amide bonds. The molecule has 4 aromatic rings. The standard InChI is InChI=1S/C34H38FN5O5S.C2HF3O2/c1-5-21-8-12-28(35)26(17-21)31(38-23-9-11-25-22(18-23)14-15-37-32(25)36)33(41)40-16-6-7-29(40)27-19-24(39-34(42)45-4)10-13-30(27)46(43,44)20(2)3;3-2(4,5)1(6)7/h8-15,17-20,29,31,38H,5-7,16H2,1-4H3,(H2,36,37)(H,39,42);(H,6,7)/t29-,31-;/m1./s1. The quantitative estimate of drug-likeness (QED) is 0.129. The van der Waals surface area contributed by atoms with Gasteiger partial charge in [-0.15, -0.1) is 0 Å². The van der Waals surface area contributed by atoms with Crippen LogP contribution in [0.5, 0.6) is 0 Å². The highest BCUT2D eigenvalue weighted by molar-refractivity contribution is 7.92. The van der Waals surface area contributed by atoms with E-state index in [2.05, 4.69) is 15.6 Å². The lowest BCUT2D eigenvalue weighted by Crippen LogP contribution is -2.38. The van der Waals surface area contributed by atoms with Crippen LogP contribution in [0.25, 0.3) is 10.8 Å². The summed E-state index contributed by atoms with van der Waals surface area (Å²) in [4.78, 5) is 41.4. The summed E-state index contributed by atoms with van der Waals surface area (Å²) in [6.07, 6.45) is -2.50. The van der Waals surface area contributed by atoms with Gasteiger partial charge in [0, 0.05) is 35.1 Å². The number of fused-ring (bicyclic) bond motifs is 1. The van der Waals surface area contributed by atoms with Gasteiger partial charge in [-0.3, -0.25) is 10.1 Å². The van der Waals surface area contributed by atoms with E-state index in [1.54, 1.807) is 61.3 Å². The van der Waals surface area contributed by atoms with Gasteiger partial charge < -0.3 is 25.8 Å². The van der Waals surface area contributed by atoms with E-state index >= 15 is 4.39 Å². The second-order valence-electron chi connectivity index (χ2n) is 12.4. The van der Waals surface area contributed by atoms with E-state index in [0.717, 1.165) is 16.3 Å². The van der Waals surface area contributed by atoms with Crippen molar-refractivity contribution in [3.63, 3.8) is 0 Å². The van der Waals surface area contributed by atoms with Crippen molar-refractivity contribution in [2.24, 2.45) is 0 Å². The van der Waals surface area contributed by atoms with Crippen molar-refractivity contribution in [3.8, 4) is 0 Å². The Labute approximate surface area is 303 Å². The molecule has 2 heterocycles. The van der Waals surface area contributed by atoms with Gasteiger partial charge in [0.2, 0.25) is 5.91 Å². The molecule has 1 aliphatic rings. The molecule has 1 aromatic heterocycles. The number of likely N-dealkylation sites (tertiary alicyclic amines) is 1. The first kappa shape index (κ1) is 40.3. The third kappa shape index (κ3) is 9.32. The van der Waals surface area contributed by atoms with Crippen molar-refractivity contribution in [1.29, 1.82) is 0 Å². The summed E-state index contributed by atoms with van der Waals surface area (Å²) in [5.74, 6) is -3.34. The lowest BCUT2D eigenvalue weighted by Gasteiger charge is -2.32. The molecule has 0 saturated carbocycles. The summed E-state index contributed by atoms with van der Waals surface area (Å²) in [5, 5.41) is 13.8. The van der Waals surface area contributed by atoms with Gasteiger partial charge in [0.25, 0.3) is 0 Å². The number of sulfone groups is 1. The number of rotatable bonds is 9. The Morgan fingerprint density at radius 3 is 2.36 bits per heavy atom. The molecule has 0 aliphatic carbocycles. The molecule has 2 atom stereocenters. The summed E-state index contributed by atoms with van der Waals surface area (Å²) in [7, 11) is -2.55. The third-order valence-electron chi connectivity index (χ3n) is 8.64. The maximum atomic E-state index is 15.6. The first-order valence-corrected chi connectivity index (χ1v) is 18.0. The molecule has 284 valence electrons. The largest absolute Gasteiger partial charge is 0.490 e. The fraction of sp³-hybridized carbons (Fsp3) is 0.333. The SMILES string of the molecule is CCc1ccc(F)c([C@@H](Nc2ccc3c(N)nccc3c2)C(=O)N2CCC[C@@H]2c2cc(NC(=O)OC)ccc2S(=O)(=O)C(C)C)c1.O=C(O)C(F)(F)F. The molecule has 17 heteroatoms. The monoisotopic (exact) mass is 761 g/mol. The predicted octanol–water partition coefficient (Wildman–Crippen LogP) is 7.03. The molecular formula is C36H39F4N5O7S. The van der Waals surface area contributed by atoms with E-state index < -0.39 is 57.1 Å². The fourth-order valence-electron chi connectivity index (χ4n) is 5.85. The number of amides is 2. The zero-order valence-electron chi connectivity index (χ0n) is 29.2. The molecule has 5 N–H and O–H groups in total. The molecule has 0 radical (unpaired) electrons. The Morgan fingerprint density at radius 2 is 1.74 bits per heavy atom. The number of carboxylic acids is 1. The fourth-order valence-corrected chi connectivity index (χ4v) is 7.14. The van der Waals surface area contributed by atoms with Gasteiger partial charge in [-0.1, -0.05) is 19.1 Å². The maximum Gasteiger partial charge on any atom is 0.490 e. The number of aryl methyl sites for hydroxylation is 1. The molecule has 3 aromatic carbocycles. The van der Waals surface area contributed by atoms with Gasteiger partial charge in [-0.05, 0) is 98.2 Å². The normalized spacial score (nSPS) is 15.0. The minimum atomic E-state index is -5.08. The third-order valence-corrected chi connectivity index (χ3v) is 10.9. The van der Waals surface area contributed by atoms with Gasteiger partial charge in [0.05, 0.1) is 23.3 Å². The van der Waals surface area contributed by atoms with Crippen LogP contribution < -0.4 is 16.4 Å². The number of carbonyl (C=O) groups is 3. The summed E-state index contributed by atoms with van der Waals surface area (Å²) in [6.45, 7) is 5.46. The summed E-state index contributed by atoms with van der Waals surface area (Å²) in [5.41, 5.74) is 8.36. The van der Waals surface area contributed by atoms with Crippen molar-refractivity contribution in [2.75, 3.05) is 30.0 Å². The molecule has 1 aliphatic heterocycles. The zero-order chi connectivity index (χ0) is 39.2. The highest BCUT2D eigenvalue weighted by atomic mass is 32.2. The van der Waals surface area contributed by atoms with E-state index in [0.29, 0.717) is 48.6 Å². The van der Waals surface area contributed by atoms with Crippen molar-refractivity contribution in [2.45, 2.75) is 68.4 Å². The van der Waals surface area contributed by atoms with Crippen LogP contribution in [0.15, 0.2) is 71.8 Å². The number of nitrogens with two attached hydrogens (primary N) is 1. The van der Waals surface area contributed by atoms with Crippen molar-refractivity contribution in [1.82, 2.24) is 9.88 Å². The number of pyridine rings is 1. The number of halogens is 4. The van der Waals surface area contributed by atoms with E-state index in [9.17, 15) is 31.2 Å². The van der Waals surface area contributed by atoms with Gasteiger partial charge in [0.15, 0.2) is 9.84 Å². The molecular weight excluding hydrogens is 722 g/mol. The van der Waals surface area contributed by atoms with Crippen LogP contribution >= 0.6 is 0 Å². The number of alkyl halides is 3. The Hall–Kier alpha value is -5.45. The molecule has 0 bridgehead atoms. The molecule has 1 saturated heterocycles. The average Bonchev–Trinajstić information content (AvgIpc) is 3.60. The minimum absolute atomic E-state index is 0.0759. The Bertz CT molecular complexity index is 2110. The summed E-state index contributed by atoms with van der Waals surface area (Å²) >= 11 is 0. The number of aromatic nitrogens is 1. The molecule has 12 nitrogen and oxygen atoms in total. The van der Waals surface area contributed by atoms with Crippen molar-refractivity contribution < 1.29 is 50.2 Å². The minimum Gasteiger partial charge on any atom is -0.475 e. The Morgan fingerprint density at radius 1 is 1.06 bits per heavy atom. The number of hydrogen-bond donors (Lipinski definition) is 4. The predicted molar refractivity (Wildman–Crippen MR) is 190 cm³/mol. The Kier molecular flexibility index (Phi) is 12.5. The number of ether oxygens (including phenoxy) is 1. The van der Waals surface area contributed by atoms with Crippen LogP contribution in [0.2, 0.25) is 0 Å². The number of benzene rings is 3. The highest BCUT2D eigenvalue weighted by Crippen LogP contribution is 2.40. The Balaban J connectivity index is 0.000000815. The number of carboxylic acid groups (broad SMARTS) is 1. The van der Waals surface area contributed by atoms with E-state index in [1.807, 2.05) is 13.0 Å². The first-order valence-electron chi connectivity index (χ1n) is 16.4. The second-order valence-corrected chi connectivity index (χ2v) is 14.8. The van der Waals surface area contributed by atoms with Crippen LogP contribution in [0, 0.1) is 5.82 Å². The van der Waals surface area contributed by atoms with Crippen LogP contribution in [0.1, 0.15) is 62.4 Å². The number of carbonyl (C=O) groups excluding carboxylic acids is 2. The van der Waals surface area contributed by atoms with Crippen molar-refractivity contribution in [3.05, 3.63) is 89.4 Å². The summed E-state index contributed by atoms with van der Waals surface area (Å²) < 4.78 is 79.1.